The van der Waals surface area contributed by atoms with Gasteiger partial charge in [0, 0.05) is 17.8 Å². The lowest BCUT2D eigenvalue weighted by atomic mass is 10.3. The zero-order valence-corrected chi connectivity index (χ0v) is 11.9. The first-order chi connectivity index (χ1) is 9.79. The van der Waals surface area contributed by atoms with Crippen LogP contribution in [-0.2, 0) is 10.0 Å². The van der Waals surface area contributed by atoms with Crippen molar-refractivity contribution in [1.29, 1.82) is 0 Å². The molecule has 0 bridgehead atoms. The fourth-order valence-electron chi connectivity index (χ4n) is 1.54. The van der Waals surface area contributed by atoms with Gasteiger partial charge in [-0.25, -0.2) is 12.8 Å². The van der Waals surface area contributed by atoms with Gasteiger partial charge in [0.1, 0.15) is 10.7 Å². The Morgan fingerprint density at radius 3 is 2.33 bits per heavy atom. The Bertz CT molecular complexity index is 793. The molecule has 2 aromatic carbocycles. The van der Waals surface area contributed by atoms with E-state index in [9.17, 15) is 22.9 Å². The Kier molecular flexibility index (Phi) is 4.10. The molecule has 0 spiro atoms. The fraction of sp³-hybridized carbons (Fsp3) is 0. The largest absolute Gasteiger partial charge is 0.280 e. The summed E-state index contributed by atoms with van der Waals surface area (Å²) in [5.41, 5.74) is -0.294. The van der Waals surface area contributed by atoms with E-state index in [1.165, 1.54) is 12.1 Å². The molecule has 0 aliphatic rings. The van der Waals surface area contributed by atoms with Gasteiger partial charge in [0.15, 0.2) is 0 Å². The quantitative estimate of drug-likeness (QED) is 0.688. The number of sulfonamides is 1. The van der Waals surface area contributed by atoms with E-state index in [2.05, 4.69) is 4.72 Å². The van der Waals surface area contributed by atoms with Gasteiger partial charge < -0.3 is 0 Å². The highest BCUT2D eigenvalue weighted by Gasteiger charge is 2.21. The monoisotopic (exact) mass is 330 g/mol. The molecule has 0 aromatic heterocycles. The van der Waals surface area contributed by atoms with E-state index >= 15 is 0 Å². The van der Waals surface area contributed by atoms with Crippen molar-refractivity contribution < 1.29 is 17.7 Å². The maximum absolute atomic E-state index is 12.8. The molecule has 0 aliphatic heterocycles. The van der Waals surface area contributed by atoms with Crippen molar-refractivity contribution in [2.24, 2.45) is 0 Å². The van der Waals surface area contributed by atoms with Crippen molar-refractivity contribution in [2.45, 2.75) is 4.90 Å². The summed E-state index contributed by atoms with van der Waals surface area (Å²) in [5, 5.41) is 10.5. The third-order valence-corrected chi connectivity index (χ3v) is 4.37. The second-order valence-corrected chi connectivity index (χ2v) is 6.04. The molecule has 21 heavy (non-hydrogen) atoms. The second kappa shape index (κ2) is 5.66. The van der Waals surface area contributed by atoms with Crippen LogP contribution in [0.25, 0.3) is 0 Å². The summed E-state index contributed by atoms with van der Waals surface area (Å²) >= 11 is 5.78. The number of hydrogen-bond acceptors (Lipinski definition) is 4. The average Bonchev–Trinajstić information content (AvgIpc) is 2.41. The van der Waals surface area contributed by atoms with Crippen LogP contribution < -0.4 is 4.72 Å². The molecule has 0 aliphatic carbocycles. The summed E-state index contributed by atoms with van der Waals surface area (Å²) < 4.78 is 39.3. The average molecular weight is 331 g/mol. The number of rotatable bonds is 4. The lowest BCUT2D eigenvalue weighted by molar-refractivity contribution is -0.385. The number of anilines is 1. The smallest absolute Gasteiger partial charge is 0.270 e. The van der Waals surface area contributed by atoms with Gasteiger partial charge in [-0.3, -0.25) is 14.8 Å². The first-order valence-electron chi connectivity index (χ1n) is 5.52. The van der Waals surface area contributed by atoms with Crippen molar-refractivity contribution in [2.75, 3.05) is 4.72 Å². The Morgan fingerprint density at radius 1 is 1.14 bits per heavy atom. The van der Waals surface area contributed by atoms with Crippen LogP contribution in [0.4, 0.5) is 15.8 Å². The zero-order chi connectivity index (χ0) is 15.6. The van der Waals surface area contributed by atoms with E-state index in [1.807, 2.05) is 0 Å². The van der Waals surface area contributed by atoms with E-state index < -0.39 is 31.3 Å². The van der Waals surface area contributed by atoms with Gasteiger partial charge in [0.25, 0.3) is 15.7 Å². The molecule has 110 valence electrons. The maximum atomic E-state index is 12.8. The summed E-state index contributed by atoms with van der Waals surface area (Å²) in [5.74, 6) is -0.522. The van der Waals surface area contributed by atoms with Crippen molar-refractivity contribution in [3.63, 3.8) is 0 Å². The third-order valence-electron chi connectivity index (χ3n) is 2.51. The van der Waals surface area contributed by atoms with Gasteiger partial charge in [0.05, 0.1) is 9.95 Å². The van der Waals surface area contributed by atoms with Gasteiger partial charge in [-0.15, -0.1) is 0 Å². The van der Waals surface area contributed by atoms with Gasteiger partial charge in [0.2, 0.25) is 0 Å². The Labute approximate surface area is 124 Å². The Morgan fingerprint density at radius 2 is 1.76 bits per heavy atom. The van der Waals surface area contributed by atoms with E-state index in [4.69, 9.17) is 11.6 Å². The summed E-state index contributed by atoms with van der Waals surface area (Å²) in [7, 11) is -4.12. The molecular formula is C12H8ClFN2O4S. The fourth-order valence-corrected chi connectivity index (χ4v) is 3.12. The summed E-state index contributed by atoms with van der Waals surface area (Å²) in [6, 6.07) is 7.67. The normalized spacial score (nSPS) is 11.1. The molecule has 0 heterocycles. The molecule has 9 heteroatoms. The number of hydrogen-bond donors (Lipinski definition) is 1. The van der Waals surface area contributed by atoms with Gasteiger partial charge in [-0.1, -0.05) is 11.6 Å². The number of non-ortho nitro benzene ring substituents is 1. The topological polar surface area (TPSA) is 89.3 Å². The summed E-state index contributed by atoms with van der Waals surface area (Å²) in [6.45, 7) is 0. The van der Waals surface area contributed by atoms with Crippen molar-refractivity contribution in [3.8, 4) is 0 Å². The minimum Gasteiger partial charge on any atom is -0.280 e. The molecule has 1 N–H and O–H groups in total. The number of nitrogens with zero attached hydrogens (tertiary/aromatic N) is 1. The third kappa shape index (κ3) is 3.47. The Hall–Kier alpha value is -2.19. The maximum Gasteiger partial charge on any atom is 0.270 e. The molecule has 0 radical (unpaired) electrons. The lowest BCUT2D eigenvalue weighted by Gasteiger charge is -2.09. The zero-order valence-electron chi connectivity index (χ0n) is 10.3. The minimum absolute atomic E-state index is 0.110. The van der Waals surface area contributed by atoms with E-state index in [0.717, 1.165) is 30.3 Å². The van der Waals surface area contributed by atoms with Gasteiger partial charge in [-0.05, 0) is 30.3 Å². The van der Waals surface area contributed by atoms with Crippen molar-refractivity contribution >= 4 is 33.0 Å². The highest BCUT2D eigenvalue weighted by atomic mass is 35.5. The highest BCUT2D eigenvalue weighted by molar-refractivity contribution is 7.92. The van der Waals surface area contributed by atoms with Gasteiger partial charge in [-0.2, -0.15) is 0 Å². The molecule has 0 saturated carbocycles. The number of nitro groups is 1. The van der Waals surface area contributed by atoms with E-state index in [0.29, 0.717) is 0 Å². The van der Waals surface area contributed by atoms with Crippen LogP contribution in [-0.4, -0.2) is 13.3 Å². The molecule has 6 nitrogen and oxygen atoms in total. The van der Waals surface area contributed by atoms with Crippen LogP contribution in [0.2, 0.25) is 5.02 Å². The van der Waals surface area contributed by atoms with Gasteiger partial charge >= 0.3 is 0 Å². The van der Waals surface area contributed by atoms with E-state index in [1.54, 1.807) is 0 Å². The molecule has 2 aromatic rings. The molecule has 2 rings (SSSR count). The number of nitro benzene ring substituents is 1. The van der Waals surface area contributed by atoms with Crippen molar-refractivity contribution in [3.05, 3.63) is 63.4 Å². The molecule has 0 unspecified atom stereocenters. The van der Waals surface area contributed by atoms with E-state index in [-0.39, 0.29) is 10.7 Å². The molecular weight excluding hydrogens is 323 g/mol. The predicted octanol–water partition coefficient (Wildman–Crippen LogP) is 3.19. The number of halogens is 2. The highest BCUT2D eigenvalue weighted by Crippen LogP contribution is 2.27. The SMILES string of the molecule is O=[N+]([O-])c1ccc(Cl)c(S(=O)(=O)Nc2ccc(F)cc2)c1. The van der Waals surface area contributed by atoms with Crippen molar-refractivity contribution in [1.82, 2.24) is 0 Å². The Balaban J connectivity index is 2.41. The number of nitrogens with one attached hydrogen (secondary N) is 1. The van der Waals surface area contributed by atoms with Crippen LogP contribution in [0.3, 0.4) is 0 Å². The van der Waals surface area contributed by atoms with Crippen LogP contribution in [0.5, 0.6) is 0 Å². The summed E-state index contributed by atoms with van der Waals surface area (Å²) in [4.78, 5) is 9.54. The predicted molar refractivity (Wildman–Crippen MR) is 75.3 cm³/mol. The lowest BCUT2D eigenvalue weighted by Crippen LogP contribution is -2.13. The molecule has 0 fully saturated rings. The van der Waals surface area contributed by atoms with Crippen LogP contribution in [0.1, 0.15) is 0 Å². The second-order valence-electron chi connectivity index (χ2n) is 3.98. The summed E-state index contributed by atoms with van der Waals surface area (Å²) in [6.07, 6.45) is 0. The standard InChI is InChI=1S/C12H8ClFN2O4S/c13-11-6-5-10(16(17)18)7-12(11)21(19,20)15-9-3-1-8(14)2-4-9/h1-7,15H. The molecule has 0 saturated heterocycles. The molecule has 0 amide bonds. The molecule has 0 atom stereocenters. The van der Waals surface area contributed by atoms with Crippen LogP contribution in [0.15, 0.2) is 47.4 Å². The van der Waals surface area contributed by atoms with Crippen LogP contribution in [0, 0.1) is 15.9 Å². The number of benzene rings is 2. The first-order valence-corrected chi connectivity index (χ1v) is 7.38. The first kappa shape index (κ1) is 15.2. The minimum atomic E-state index is -4.12. The van der Waals surface area contributed by atoms with Crippen LogP contribution >= 0.6 is 11.6 Å².